The molecule has 2 aromatic rings. The van der Waals surface area contributed by atoms with E-state index >= 15 is 0 Å². The SMILES string of the molecule is Cc1ccccc1O[C@@H](c1ccccc1)[C@@H](O)CN. The lowest BCUT2D eigenvalue weighted by Crippen LogP contribution is -2.31. The highest BCUT2D eigenvalue weighted by Gasteiger charge is 2.22. The number of para-hydroxylation sites is 1. The van der Waals surface area contributed by atoms with E-state index < -0.39 is 12.2 Å². The minimum atomic E-state index is -0.734. The lowest BCUT2D eigenvalue weighted by molar-refractivity contribution is 0.0410. The lowest BCUT2D eigenvalue weighted by atomic mass is 10.0. The van der Waals surface area contributed by atoms with Gasteiger partial charge in [0.15, 0.2) is 6.10 Å². The zero-order chi connectivity index (χ0) is 13.7. The first kappa shape index (κ1) is 13.6. The molecule has 0 saturated carbocycles. The van der Waals surface area contributed by atoms with Gasteiger partial charge in [0, 0.05) is 6.54 Å². The molecular formula is C16H19NO2. The van der Waals surface area contributed by atoms with Crippen LogP contribution in [0.4, 0.5) is 0 Å². The third-order valence-corrected chi connectivity index (χ3v) is 3.07. The Labute approximate surface area is 113 Å². The van der Waals surface area contributed by atoms with Gasteiger partial charge in [0.2, 0.25) is 0 Å². The Morgan fingerprint density at radius 2 is 1.68 bits per heavy atom. The Bertz CT molecular complexity index is 513. The van der Waals surface area contributed by atoms with Crippen LogP contribution in [0.15, 0.2) is 54.6 Å². The van der Waals surface area contributed by atoms with Crippen LogP contribution in [-0.2, 0) is 0 Å². The van der Waals surface area contributed by atoms with Crippen molar-refractivity contribution >= 4 is 0 Å². The molecular weight excluding hydrogens is 238 g/mol. The molecule has 0 radical (unpaired) electrons. The predicted octanol–water partition coefficient (Wildman–Crippen LogP) is 2.43. The van der Waals surface area contributed by atoms with E-state index in [1.54, 1.807) is 0 Å². The van der Waals surface area contributed by atoms with Crippen LogP contribution < -0.4 is 10.5 Å². The van der Waals surface area contributed by atoms with Gasteiger partial charge in [-0.25, -0.2) is 0 Å². The summed E-state index contributed by atoms with van der Waals surface area (Å²) in [7, 11) is 0. The summed E-state index contributed by atoms with van der Waals surface area (Å²) < 4.78 is 5.95. The average Bonchev–Trinajstić information content (AvgIpc) is 2.46. The largest absolute Gasteiger partial charge is 0.483 e. The van der Waals surface area contributed by atoms with Crippen molar-refractivity contribution in [3.05, 3.63) is 65.7 Å². The summed E-state index contributed by atoms with van der Waals surface area (Å²) in [6, 6.07) is 17.4. The van der Waals surface area contributed by atoms with E-state index in [1.807, 2.05) is 61.5 Å². The number of hydrogen-bond donors (Lipinski definition) is 2. The van der Waals surface area contributed by atoms with Gasteiger partial charge in [-0.3, -0.25) is 0 Å². The Balaban J connectivity index is 2.27. The van der Waals surface area contributed by atoms with E-state index in [0.717, 1.165) is 16.9 Å². The number of rotatable bonds is 5. The van der Waals surface area contributed by atoms with Gasteiger partial charge in [0.05, 0.1) is 0 Å². The maximum absolute atomic E-state index is 10.1. The van der Waals surface area contributed by atoms with Gasteiger partial charge in [-0.2, -0.15) is 0 Å². The maximum Gasteiger partial charge on any atom is 0.151 e. The summed E-state index contributed by atoms with van der Waals surface area (Å²) in [6.45, 7) is 2.14. The maximum atomic E-state index is 10.1. The van der Waals surface area contributed by atoms with Gasteiger partial charge in [-0.1, -0.05) is 48.5 Å². The summed E-state index contributed by atoms with van der Waals surface area (Å²) in [5.74, 6) is 0.767. The minimum Gasteiger partial charge on any atom is -0.483 e. The highest BCUT2D eigenvalue weighted by Crippen LogP contribution is 2.27. The number of ether oxygens (including phenoxy) is 1. The van der Waals surface area contributed by atoms with Gasteiger partial charge in [0.25, 0.3) is 0 Å². The standard InChI is InChI=1S/C16H19NO2/c1-12-7-5-6-10-15(12)19-16(14(18)11-17)13-8-3-2-4-9-13/h2-10,14,16,18H,11,17H2,1H3/t14-,16-/m0/s1. The fourth-order valence-corrected chi connectivity index (χ4v) is 1.96. The summed E-state index contributed by atoms with van der Waals surface area (Å²) >= 11 is 0. The smallest absolute Gasteiger partial charge is 0.151 e. The predicted molar refractivity (Wildman–Crippen MR) is 76.1 cm³/mol. The van der Waals surface area contributed by atoms with Crippen molar-refractivity contribution in [2.75, 3.05) is 6.54 Å². The normalized spacial score (nSPS) is 13.8. The molecule has 100 valence electrons. The van der Waals surface area contributed by atoms with Crippen molar-refractivity contribution in [2.45, 2.75) is 19.1 Å². The second-order valence-corrected chi connectivity index (χ2v) is 4.52. The molecule has 0 aromatic heterocycles. The molecule has 2 aromatic carbocycles. The second kappa shape index (κ2) is 6.36. The molecule has 3 N–H and O–H groups in total. The molecule has 0 aliphatic carbocycles. The van der Waals surface area contributed by atoms with Crippen molar-refractivity contribution in [3.8, 4) is 5.75 Å². The van der Waals surface area contributed by atoms with Crippen molar-refractivity contribution in [1.29, 1.82) is 0 Å². The third kappa shape index (κ3) is 3.34. The number of benzene rings is 2. The summed E-state index contributed by atoms with van der Waals surface area (Å²) in [5, 5.41) is 10.1. The van der Waals surface area contributed by atoms with Crippen molar-refractivity contribution in [2.24, 2.45) is 5.73 Å². The molecule has 0 saturated heterocycles. The monoisotopic (exact) mass is 257 g/mol. The molecule has 0 spiro atoms. The molecule has 3 heteroatoms. The molecule has 19 heavy (non-hydrogen) atoms. The van der Waals surface area contributed by atoms with Gasteiger partial charge >= 0.3 is 0 Å². The fourth-order valence-electron chi connectivity index (χ4n) is 1.96. The zero-order valence-corrected chi connectivity index (χ0v) is 11.0. The molecule has 0 fully saturated rings. The van der Waals surface area contributed by atoms with E-state index in [9.17, 15) is 5.11 Å². The summed E-state index contributed by atoms with van der Waals surface area (Å²) in [6.07, 6.45) is -1.19. The van der Waals surface area contributed by atoms with Crippen molar-refractivity contribution < 1.29 is 9.84 Å². The van der Waals surface area contributed by atoms with Crippen LogP contribution in [0.25, 0.3) is 0 Å². The number of nitrogens with two attached hydrogens (primary N) is 1. The number of hydrogen-bond acceptors (Lipinski definition) is 3. The quantitative estimate of drug-likeness (QED) is 0.865. The van der Waals surface area contributed by atoms with Crippen LogP contribution in [0, 0.1) is 6.92 Å². The topological polar surface area (TPSA) is 55.5 Å². The molecule has 0 aliphatic rings. The van der Waals surface area contributed by atoms with Gasteiger partial charge in [0.1, 0.15) is 11.9 Å². The van der Waals surface area contributed by atoms with Crippen LogP contribution in [0.5, 0.6) is 5.75 Å². The van der Waals surface area contributed by atoms with Gasteiger partial charge < -0.3 is 15.6 Å². The number of aliphatic hydroxyl groups is 1. The molecule has 0 aliphatic heterocycles. The van der Waals surface area contributed by atoms with E-state index in [2.05, 4.69) is 0 Å². The summed E-state index contributed by atoms with van der Waals surface area (Å²) in [5.41, 5.74) is 7.53. The van der Waals surface area contributed by atoms with Gasteiger partial charge in [-0.05, 0) is 24.1 Å². The fraction of sp³-hybridized carbons (Fsp3) is 0.250. The van der Waals surface area contributed by atoms with E-state index in [-0.39, 0.29) is 6.54 Å². The first-order valence-corrected chi connectivity index (χ1v) is 6.37. The molecule has 0 amide bonds. The van der Waals surface area contributed by atoms with Crippen LogP contribution >= 0.6 is 0 Å². The zero-order valence-electron chi connectivity index (χ0n) is 11.0. The Morgan fingerprint density at radius 1 is 1.05 bits per heavy atom. The van der Waals surface area contributed by atoms with E-state index in [0.29, 0.717) is 0 Å². The average molecular weight is 257 g/mol. The molecule has 0 bridgehead atoms. The van der Waals surface area contributed by atoms with Crippen LogP contribution in [-0.4, -0.2) is 17.8 Å². The molecule has 0 unspecified atom stereocenters. The van der Waals surface area contributed by atoms with Gasteiger partial charge in [-0.15, -0.1) is 0 Å². The Morgan fingerprint density at radius 3 is 2.32 bits per heavy atom. The van der Waals surface area contributed by atoms with E-state index in [4.69, 9.17) is 10.5 Å². The highest BCUT2D eigenvalue weighted by atomic mass is 16.5. The minimum absolute atomic E-state index is 0.158. The Hall–Kier alpha value is -1.84. The first-order valence-electron chi connectivity index (χ1n) is 6.37. The molecule has 2 atom stereocenters. The third-order valence-electron chi connectivity index (χ3n) is 3.07. The number of aliphatic hydroxyl groups excluding tert-OH is 1. The van der Waals surface area contributed by atoms with Crippen LogP contribution in [0.3, 0.4) is 0 Å². The van der Waals surface area contributed by atoms with Crippen LogP contribution in [0.1, 0.15) is 17.2 Å². The highest BCUT2D eigenvalue weighted by molar-refractivity contribution is 5.33. The first-order chi connectivity index (χ1) is 9.22. The Kier molecular flexibility index (Phi) is 4.55. The van der Waals surface area contributed by atoms with Crippen molar-refractivity contribution in [1.82, 2.24) is 0 Å². The van der Waals surface area contributed by atoms with Crippen molar-refractivity contribution in [3.63, 3.8) is 0 Å². The summed E-state index contributed by atoms with van der Waals surface area (Å²) in [4.78, 5) is 0. The lowest BCUT2D eigenvalue weighted by Gasteiger charge is -2.24. The second-order valence-electron chi connectivity index (χ2n) is 4.52. The van der Waals surface area contributed by atoms with E-state index in [1.165, 1.54) is 0 Å². The van der Waals surface area contributed by atoms with Crippen LogP contribution in [0.2, 0.25) is 0 Å². The molecule has 2 rings (SSSR count). The molecule has 0 heterocycles. The number of aryl methyl sites for hydroxylation is 1. The molecule has 3 nitrogen and oxygen atoms in total.